The lowest BCUT2D eigenvalue weighted by Gasteiger charge is -2.07. The van der Waals surface area contributed by atoms with E-state index in [0.717, 1.165) is 31.5 Å². The van der Waals surface area contributed by atoms with Gasteiger partial charge in [-0.25, -0.2) is 9.37 Å². The summed E-state index contributed by atoms with van der Waals surface area (Å²) in [6.07, 6.45) is 0. The Morgan fingerprint density at radius 3 is 2.62 bits per heavy atom. The number of imidazole rings is 1. The number of fused-ring (bicyclic) bond motifs is 6. The number of hydrogen-bond donors (Lipinski definition) is 1. The van der Waals surface area contributed by atoms with E-state index in [1.54, 1.807) is 6.07 Å². The van der Waals surface area contributed by atoms with Gasteiger partial charge in [-0.3, -0.25) is 4.79 Å². The number of nitrogens with zero attached hydrogens (tertiary/aromatic N) is 2. The molecule has 0 aliphatic carbocycles. The van der Waals surface area contributed by atoms with E-state index in [0.29, 0.717) is 16.9 Å². The van der Waals surface area contributed by atoms with Crippen molar-refractivity contribution in [3.8, 4) is 29.3 Å². The van der Waals surface area contributed by atoms with Crippen molar-refractivity contribution in [1.29, 1.82) is 5.26 Å². The van der Waals surface area contributed by atoms with Crippen molar-refractivity contribution in [2.45, 2.75) is 6.92 Å². The molecule has 0 atom stereocenters. The Kier molecular flexibility index (Phi) is 4.74. The third-order valence-electron chi connectivity index (χ3n) is 5.27. The first kappa shape index (κ1) is 19.9. The average Bonchev–Trinajstić information content (AvgIpc) is 3.22. The molecule has 6 heteroatoms. The number of halogens is 2. The first-order valence-electron chi connectivity index (χ1n) is 9.72. The number of hydrogen-bond acceptors (Lipinski definition) is 3. The molecule has 1 aromatic heterocycles. The third-order valence-corrected chi connectivity index (χ3v) is 5.77. The fraction of sp³-hybridized carbons (Fsp3) is 0.0385. The molecular weight excluding hydrogens is 469 g/mol. The van der Waals surface area contributed by atoms with Crippen LogP contribution in [0.3, 0.4) is 0 Å². The molecule has 5 rings (SSSR count). The lowest BCUT2D eigenvalue weighted by Crippen LogP contribution is -1.91. The van der Waals surface area contributed by atoms with Gasteiger partial charge in [-0.2, -0.15) is 5.26 Å². The summed E-state index contributed by atoms with van der Waals surface area (Å²) < 4.78 is 15.6. The van der Waals surface area contributed by atoms with E-state index in [-0.39, 0.29) is 16.9 Å². The van der Waals surface area contributed by atoms with Gasteiger partial charge in [0.2, 0.25) is 5.78 Å². The smallest absolute Gasteiger partial charge is 0.202 e. The van der Waals surface area contributed by atoms with Gasteiger partial charge in [0.1, 0.15) is 11.6 Å². The summed E-state index contributed by atoms with van der Waals surface area (Å²) in [5, 5.41) is 13.1. The Morgan fingerprint density at radius 2 is 1.84 bits per heavy atom. The van der Waals surface area contributed by atoms with Crippen LogP contribution in [0.25, 0.3) is 44.0 Å². The second-order valence-electron chi connectivity index (χ2n) is 7.34. The fourth-order valence-electron chi connectivity index (χ4n) is 3.91. The van der Waals surface area contributed by atoms with Crippen LogP contribution in [-0.2, 0) is 4.79 Å². The highest BCUT2D eigenvalue weighted by atomic mass is 79.9. The van der Waals surface area contributed by atoms with Crippen LogP contribution in [0.15, 0.2) is 59.1 Å². The Balaban J connectivity index is 1.90. The maximum absolute atomic E-state index is 14.7. The van der Waals surface area contributed by atoms with Gasteiger partial charge in [0.05, 0.1) is 28.2 Å². The van der Waals surface area contributed by atoms with Crippen LogP contribution in [0.5, 0.6) is 0 Å². The number of rotatable bonds is 1. The minimum Gasteiger partial charge on any atom is -0.337 e. The number of aromatic amines is 1. The van der Waals surface area contributed by atoms with Crippen LogP contribution in [0, 0.1) is 29.0 Å². The van der Waals surface area contributed by atoms with Gasteiger partial charge in [-0.05, 0) is 53.1 Å². The quantitative estimate of drug-likeness (QED) is 0.227. The molecule has 0 saturated heterocycles. The van der Waals surface area contributed by atoms with Crippen LogP contribution in [-0.4, -0.2) is 15.8 Å². The van der Waals surface area contributed by atoms with Crippen LogP contribution in [0.2, 0.25) is 0 Å². The van der Waals surface area contributed by atoms with E-state index in [4.69, 9.17) is 4.98 Å². The second kappa shape index (κ2) is 7.60. The molecule has 1 N–H and O–H groups in total. The molecule has 32 heavy (non-hydrogen) atoms. The molecule has 4 nitrogen and oxygen atoms in total. The summed E-state index contributed by atoms with van der Waals surface area (Å²) in [6, 6.07) is 18.0. The number of Topliss-reactive ketones (excluding diaryl/α,β-unsaturated/α-hetero) is 1. The molecule has 0 bridgehead atoms. The summed E-state index contributed by atoms with van der Waals surface area (Å²) in [7, 11) is 0. The number of benzene rings is 4. The summed E-state index contributed by atoms with van der Waals surface area (Å²) in [6.45, 7) is 1.43. The first-order valence-corrected chi connectivity index (χ1v) is 10.5. The topological polar surface area (TPSA) is 69.5 Å². The number of nitrogens with one attached hydrogen (secondary N) is 1. The van der Waals surface area contributed by atoms with Gasteiger partial charge in [-0.15, -0.1) is 0 Å². The molecule has 152 valence electrons. The van der Waals surface area contributed by atoms with Crippen molar-refractivity contribution in [3.63, 3.8) is 0 Å². The largest absolute Gasteiger partial charge is 0.337 e. The van der Waals surface area contributed by atoms with E-state index >= 15 is 0 Å². The Labute approximate surface area is 190 Å². The maximum Gasteiger partial charge on any atom is 0.202 e. The summed E-state index contributed by atoms with van der Waals surface area (Å²) in [4.78, 5) is 19.2. The van der Waals surface area contributed by atoms with Gasteiger partial charge in [0.25, 0.3) is 0 Å². The maximum atomic E-state index is 14.7. The number of ketones is 1. The number of carbonyl (C=O) groups is 1. The summed E-state index contributed by atoms with van der Waals surface area (Å²) >= 11 is 3.53. The zero-order valence-electron chi connectivity index (χ0n) is 16.8. The zero-order valence-corrected chi connectivity index (χ0v) is 18.3. The Hall–Kier alpha value is -4.00. The highest BCUT2D eigenvalue weighted by molar-refractivity contribution is 9.10. The lowest BCUT2D eigenvalue weighted by molar-refractivity contribution is -0.111. The summed E-state index contributed by atoms with van der Waals surface area (Å²) in [5.41, 5.74) is 2.50. The van der Waals surface area contributed by atoms with Crippen LogP contribution < -0.4 is 0 Å². The van der Waals surface area contributed by atoms with Gasteiger partial charge in [-0.1, -0.05) is 40.0 Å². The van der Waals surface area contributed by atoms with Crippen molar-refractivity contribution in [2.75, 3.05) is 0 Å². The highest BCUT2D eigenvalue weighted by Crippen LogP contribution is 2.37. The van der Waals surface area contributed by atoms with Crippen LogP contribution >= 0.6 is 15.9 Å². The molecule has 1 heterocycles. The van der Waals surface area contributed by atoms with Gasteiger partial charge < -0.3 is 4.98 Å². The van der Waals surface area contributed by atoms with E-state index < -0.39 is 5.82 Å². The molecule has 0 aliphatic heterocycles. The van der Waals surface area contributed by atoms with Crippen molar-refractivity contribution in [2.24, 2.45) is 0 Å². The first-order chi connectivity index (χ1) is 15.5. The molecule has 0 radical (unpaired) electrons. The third kappa shape index (κ3) is 3.22. The van der Waals surface area contributed by atoms with Gasteiger partial charge >= 0.3 is 0 Å². The Morgan fingerprint density at radius 1 is 1.06 bits per heavy atom. The monoisotopic (exact) mass is 481 g/mol. The normalized spacial score (nSPS) is 10.8. The average molecular weight is 482 g/mol. The van der Waals surface area contributed by atoms with E-state index in [1.165, 1.54) is 19.1 Å². The van der Waals surface area contributed by atoms with Crippen molar-refractivity contribution < 1.29 is 9.18 Å². The fourth-order valence-corrected chi connectivity index (χ4v) is 4.27. The molecule has 0 saturated carbocycles. The molecule has 0 amide bonds. The van der Waals surface area contributed by atoms with E-state index in [9.17, 15) is 14.4 Å². The number of nitriles is 1. The van der Waals surface area contributed by atoms with Crippen molar-refractivity contribution in [3.05, 3.63) is 76.0 Å². The molecule has 0 unspecified atom stereocenters. The van der Waals surface area contributed by atoms with Gasteiger partial charge in [0.15, 0.2) is 0 Å². The predicted molar refractivity (Wildman–Crippen MR) is 126 cm³/mol. The molecular formula is C26H13BrFN3O. The molecule has 0 aliphatic rings. The SMILES string of the molecule is CC(=O)C#Cc1ccc2c(c1)c1cc(Br)ccc1c1nc(-c3c(F)cccc3C#N)[nH]c21. The number of carbonyl (C=O) groups excluding carboxylic acids is 1. The molecule has 4 aromatic carbocycles. The van der Waals surface area contributed by atoms with Crippen LogP contribution in [0.1, 0.15) is 18.1 Å². The van der Waals surface area contributed by atoms with E-state index in [2.05, 4.69) is 32.8 Å². The standard InChI is InChI=1S/C26H13BrFN3O/c1-14(32)5-6-15-7-9-18-20(11-15)21-12-17(27)8-10-19(21)25-24(18)30-26(31-25)23-16(13-29)3-2-4-22(23)28/h2-4,7-12H,1H3,(H,30,31). The van der Waals surface area contributed by atoms with E-state index in [1.807, 2.05) is 42.5 Å². The molecule has 0 spiro atoms. The predicted octanol–water partition coefficient (Wildman–Crippen LogP) is 6.25. The highest BCUT2D eigenvalue weighted by Gasteiger charge is 2.18. The zero-order chi connectivity index (χ0) is 22.4. The lowest BCUT2D eigenvalue weighted by atomic mass is 9.98. The Bertz CT molecular complexity index is 1700. The molecule has 0 fully saturated rings. The van der Waals surface area contributed by atoms with Crippen molar-refractivity contribution >= 4 is 54.3 Å². The number of aromatic nitrogens is 2. The minimum atomic E-state index is -0.513. The second-order valence-corrected chi connectivity index (χ2v) is 8.26. The molecule has 5 aromatic rings. The number of H-pyrrole nitrogens is 1. The summed E-state index contributed by atoms with van der Waals surface area (Å²) in [5.74, 6) is 5.05. The minimum absolute atomic E-state index is 0.147. The van der Waals surface area contributed by atoms with Gasteiger partial charge in [0, 0.05) is 27.7 Å². The van der Waals surface area contributed by atoms with Crippen LogP contribution in [0.4, 0.5) is 4.39 Å². The van der Waals surface area contributed by atoms with Crippen molar-refractivity contribution in [1.82, 2.24) is 9.97 Å².